The van der Waals surface area contributed by atoms with E-state index >= 15 is 0 Å². The summed E-state index contributed by atoms with van der Waals surface area (Å²) in [6.45, 7) is 1.08. The van der Waals surface area contributed by atoms with Crippen LogP contribution in [0.1, 0.15) is 22.3 Å². The molecule has 0 spiro atoms. The SMILES string of the molecule is COCCCN(Cc1ccc(OS(C)(=O)=O)cc1)C(=O)c1cccc([N+](=O)[O-])c1. The number of amides is 1. The van der Waals surface area contributed by atoms with Crippen molar-refractivity contribution in [2.24, 2.45) is 0 Å². The van der Waals surface area contributed by atoms with Crippen LogP contribution in [0.25, 0.3) is 0 Å². The molecule has 0 aliphatic carbocycles. The van der Waals surface area contributed by atoms with Gasteiger partial charge >= 0.3 is 10.1 Å². The average molecular weight is 422 g/mol. The van der Waals surface area contributed by atoms with Gasteiger partial charge in [-0.1, -0.05) is 18.2 Å². The van der Waals surface area contributed by atoms with Crippen molar-refractivity contribution in [2.45, 2.75) is 13.0 Å². The van der Waals surface area contributed by atoms with Gasteiger partial charge in [0.1, 0.15) is 5.75 Å². The van der Waals surface area contributed by atoms with Gasteiger partial charge in [-0.3, -0.25) is 14.9 Å². The summed E-state index contributed by atoms with van der Waals surface area (Å²) < 4.78 is 32.2. The Labute approximate surface area is 169 Å². The highest BCUT2D eigenvalue weighted by Gasteiger charge is 2.18. The lowest BCUT2D eigenvalue weighted by molar-refractivity contribution is -0.384. The van der Waals surface area contributed by atoms with Crippen LogP contribution in [-0.4, -0.2) is 50.7 Å². The molecular weight excluding hydrogens is 400 g/mol. The number of rotatable bonds is 10. The van der Waals surface area contributed by atoms with Crippen LogP contribution in [0.4, 0.5) is 5.69 Å². The smallest absolute Gasteiger partial charge is 0.306 e. The Hall–Kier alpha value is -2.98. The van der Waals surface area contributed by atoms with Crippen LogP contribution in [-0.2, 0) is 21.4 Å². The zero-order valence-corrected chi connectivity index (χ0v) is 16.9. The Morgan fingerprint density at radius 3 is 2.45 bits per heavy atom. The first-order chi connectivity index (χ1) is 13.7. The van der Waals surface area contributed by atoms with Gasteiger partial charge in [0.25, 0.3) is 11.6 Å². The maximum absolute atomic E-state index is 12.9. The van der Waals surface area contributed by atoms with Crippen LogP contribution in [0.5, 0.6) is 5.75 Å². The van der Waals surface area contributed by atoms with E-state index < -0.39 is 15.0 Å². The largest absolute Gasteiger partial charge is 0.385 e. The third-order valence-corrected chi connectivity index (χ3v) is 4.41. The summed E-state index contributed by atoms with van der Waals surface area (Å²) in [5.41, 5.74) is 0.811. The monoisotopic (exact) mass is 422 g/mol. The molecule has 0 aliphatic heterocycles. The van der Waals surface area contributed by atoms with Crippen LogP contribution in [0.2, 0.25) is 0 Å². The highest BCUT2D eigenvalue weighted by molar-refractivity contribution is 7.86. The lowest BCUT2D eigenvalue weighted by Gasteiger charge is -2.23. The van der Waals surface area contributed by atoms with Crippen LogP contribution in [0.3, 0.4) is 0 Å². The number of methoxy groups -OCH3 is 1. The molecule has 9 nitrogen and oxygen atoms in total. The van der Waals surface area contributed by atoms with Crippen molar-refractivity contribution in [1.82, 2.24) is 4.90 Å². The molecule has 156 valence electrons. The van der Waals surface area contributed by atoms with Crippen LogP contribution in [0, 0.1) is 10.1 Å². The Balaban J connectivity index is 2.20. The molecule has 1 amide bonds. The first kappa shape index (κ1) is 22.3. The molecule has 0 heterocycles. The minimum Gasteiger partial charge on any atom is -0.385 e. The van der Waals surface area contributed by atoms with E-state index in [9.17, 15) is 23.3 Å². The molecule has 0 unspecified atom stereocenters. The number of non-ortho nitro benzene ring substituents is 1. The molecule has 0 saturated heterocycles. The molecule has 2 rings (SSSR count). The number of ether oxygens (including phenoxy) is 1. The number of benzene rings is 2. The first-order valence-electron chi connectivity index (χ1n) is 8.70. The molecule has 0 fully saturated rings. The van der Waals surface area contributed by atoms with Gasteiger partial charge in [0.05, 0.1) is 11.2 Å². The summed E-state index contributed by atoms with van der Waals surface area (Å²) in [5, 5.41) is 11.0. The van der Waals surface area contributed by atoms with Crippen molar-refractivity contribution >= 4 is 21.7 Å². The quantitative estimate of drug-likeness (QED) is 0.250. The lowest BCUT2D eigenvalue weighted by Crippen LogP contribution is -2.32. The van der Waals surface area contributed by atoms with Gasteiger partial charge in [0.15, 0.2) is 0 Å². The zero-order chi connectivity index (χ0) is 21.4. The molecule has 0 aliphatic rings. The fourth-order valence-electron chi connectivity index (χ4n) is 2.63. The van der Waals surface area contributed by atoms with Crippen LogP contribution < -0.4 is 4.18 Å². The molecule has 0 N–H and O–H groups in total. The number of hydrogen-bond acceptors (Lipinski definition) is 7. The zero-order valence-electron chi connectivity index (χ0n) is 16.1. The molecule has 0 saturated carbocycles. The summed E-state index contributed by atoms with van der Waals surface area (Å²) in [6.07, 6.45) is 1.54. The Kier molecular flexibility index (Phi) is 7.68. The molecule has 2 aromatic carbocycles. The van der Waals surface area contributed by atoms with Crippen LogP contribution in [0.15, 0.2) is 48.5 Å². The van der Waals surface area contributed by atoms with Gasteiger partial charge in [-0.05, 0) is 30.2 Å². The van der Waals surface area contributed by atoms with Gasteiger partial charge in [-0.15, -0.1) is 0 Å². The molecule has 0 aromatic heterocycles. The number of nitro benzene ring substituents is 1. The number of carbonyl (C=O) groups is 1. The van der Waals surface area contributed by atoms with Gasteiger partial charge < -0.3 is 13.8 Å². The van der Waals surface area contributed by atoms with Crippen molar-refractivity contribution in [3.05, 3.63) is 69.8 Å². The normalized spacial score (nSPS) is 11.1. The predicted octanol–water partition coefficient (Wildman–Crippen LogP) is 2.61. The van der Waals surface area contributed by atoms with E-state index in [1.54, 1.807) is 24.1 Å². The standard InChI is InChI=1S/C19H22N2O7S/c1-27-12-4-11-20(19(22)16-5-3-6-17(13-16)21(23)24)14-15-7-9-18(10-8-15)28-29(2,25)26/h3,5-10,13H,4,11-12,14H2,1-2H3. The van der Waals surface area contributed by atoms with E-state index in [2.05, 4.69) is 0 Å². The van der Waals surface area contributed by atoms with Gasteiger partial charge in [0, 0.05) is 44.5 Å². The second-order valence-electron chi connectivity index (χ2n) is 6.31. The molecule has 0 radical (unpaired) electrons. The Morgan fingerprint density at radius 1 is 1.17 bits per heavy atom. The fourth-order valence-corrected chi connectivity index (χ4v) is 3.09. The summed E-state index contributed by atoms with van der Waals surface area (Å²) in [7, 11) is -2.06. The molecule has 29 heavy (non-hydrogen) atoms. The Morgan fingerprint density at radius 2 is 1.86 bits per heavy atom. The van der Waals surface area contributed by atoms with Gasteiger partial charge in [-0.2, -0.15) is 8.42 Å². The van der Waals surface area contributed by atoms with E-state index in [4.69, 9.17) is 8.92 Å². The van der Waals surface area contributed by atoms with Crippen molar-refractivity contribution in [1.29, 1.82) is 0 Å². The van der Waals surface area contributed by atoms with Crippen molar-refractivity contribution < 1.29 is 27.1 Å². The third kappa shape index (κ3) is 7.16. The second-order valence-corrected chi connectivity index (χ2v) is 7.89. The van der Waals surface area contributed by atoms with Crippen molar-refractivity contribution in [2.75, 3.05) is 26.5 Å². The first-order valence-corrected chi connectivity index (χ1v) is 10.5. The maximum Gasteiger partial charge on any atom is 0.306 e. The van der Waals surface area contributed by atoms with E-state index in [1.807, 2.05) is 0 Å². The van der Waals surface area contributed by atoms with E-state index in [0.29, 0.717) is 19.6 Å². The van der Waals surface area contributed by atoms with Crippen molar-refractivity contribution in [3.8, 4) is 5.75 Å². The number of hydrogen-bond donors (Lipinski definition) is 0. The summed E-state index contributed by atoms with van der Waals surface area (Å²) in [5.74, 6) is -0.173. The highest BCUT2D eigenvalue weighted by Crippen LogP contribution is 2.19. The maximum atomic E-state index is 12.9. The summed E-state index contributed by atoms with van der Waals surface area (Å²) >= 11 is 0. The average Bonchev–Trinajstić information content (AvgIpc) is 2.67. The van der Waals surface area contributed by atoms with E-state index in [0.717, 1.165) is 11.8 Å². The second kappa shape index (κ2) is 9.99. The summed E-state index contributed by atoms with van der Waals surface area (Å²) in [6, 6.07) is 11.9. The third-order valence-electron chi connectivity index (χ3n) is 3.91. The van der Waals surface area contributed by atoms with E-state index in [1.165, 1.54) is 36.4 Å². The molecular formula is C19H22N2O7S. The van der Waals surface area contributed by atoms with Gasteiger partial charge in [-0.25, -0.2) is 0 Å². The van der Waals surface area contributed by atoms with Crippen molar-refractivity contribution in [3.63, 3.8) is 0 Å². The molecule has 0 bridgehead atoms. The molecule has 2 aromatic rings. The fraction of sp³-hybridized carbons (Fsp3) is 0.316. The minimum absolute atomic E-state index is 0.157. The van der Waals surface area contributed by atoms with Gasteiger partial charge in [0.2, 0.25) is 0 Å². The number of nitro groups is 1. The Bertz CT molecular complexity index is 959. The number of nitrogens with zero attached hydrogens (tertiary/aromatic N) is 2. The van der Waals surface area contributed by atoms with Crippen LogP contribution >= 0.6 is 0 Å². The minimum atomic E-state index is -3.62. The van der Waals surface area contributed by atoms with E-state index in [-0.39, 0.29) is 29.5 Å². The summed E-state index contributed by atoms with van der Waals surface area (Å²) in [4.78, 5) is 24.9. The predicted molar refractivity (Wildman–Crippen MR) is 106 cm³/mol. The molecule has 0 atom stereocenters. The topological polar surface area (TPSA) is 116 Å². The lowest BCUT2D eigenvalue weighted by atomic mass is 10.1. The molecule has 10 heteroatoms. The highest BCUT2D eigenvalue weighted by atomic mass is 32.2. The number of carbonyl (C=O) groups excluding carboxylic acids is 1.